The van der Waals surface area contributed by atoms with Gasteiger partial charge in [-0.15, -0.1) is 0 Å². The molecule has 0 bridgehead atoms. The van der Waals surface area contributed by atoms with Crippen LogP contribution in [-0.4, -0.2) is 11.7 Å². The van der Waals surface area contributed by atoms with Gasteiger partial charge in [0.2, 0.25) is 0 Å². The molecule has 8 heavy (non-hydrogen) atoms. The van der Waals surface area contributed by atoms with E-state index in [1.54, 1.807) is 0 Å². The highest BCUT2D eigenvalue weighted by atomic mass is 16.3. The first-order chi connectivity index (χ1) is 3.35. The molecule has 0 saturated carbocycles. The lowest BCUT2D eigenvalue weighted by Crippen LogP contribution is -2.01. The van der Waals surface area contributed by atoms with Crippen LogP contribution in [0.1, 0.15) is 26.7 Å². The van der Waals surface area contributed by atoms with Crippen molar-refractivity contribution in [1.82, 2.24) is 6.15 Å². The number of rotatable bonds is 3. The zero-order valence-corrected chi connectivity index (χ0v) is 5.85. The molecule has 0 fully saturated rings. The van der Waals surface area contributed by atoms with Crippen LogP contribution < -0.4 is 6.15 Å². The summed E-state index contributed by atoms with van der Waals surface area (Å²) in [5.41, 5.74) is 0. The highest BCUT2D eigenvalue weighted by molar-refractivity contribution is 4.48. The summed E-state index contributed by atoms with van der Waals surface area (Å²) in [5.74, 6) is 0.542. The first kappa shape index (κ1) is 10.8. The maximum absolute atomic E-state index is 8.53. The second-order valence-electron chi connectivity index (χ2n) is 1.87. The number of aliphatic hydroxyl groups excluding tert-OH is 1. The van der Waals surface area contributed by atoms with Crippen LogP contribution in [0, 0.1) is 5.92 Å². The third kappa shape index (κ3) is 4.09. The third-order valence-corrected chi connectivity index (χ3v) is 1.41. The zero-order chi connectivity index (χ0) is 5.70. The monoisotopic (exact) mass is 119 g/mol. The average Bonchev–Trinajstić information content (AvgIpc) is 1.72. The molecular weight excluding hydrogens is 102 g/mol. The van der Waals surface area contributed by atoms with Gasteiger partial charge in [0.1, 0.15) is 0 Å². The topological polar surface area (TPSA) is 55.2 Å². The Kier molecular flexibility index (Phi) is 9.36. The maximum atomic E-state index is 8.53. The average molecular weight is 119 g/mol. The van der Waals surface area contributed by atoms with E-state index < -0.39 is 0 Å². The minimum Gasteiger partial charge on any atom is -0.396 e. The molecule has 0 aromatic heterocycles. The number of hydrogen-bond acceptors (Lipinski definition) is 2. The molecular formula is C6H17NO. The van der Waals surface area contributed by atoms with Crippen molar-refractivity contribution >= 4 is 0 Å². The molecule has 0 aromatic rings. The third-order valence-electron chi connectivity index (χ3n) is 1.41. The van der Waals surface area contributed by atoms with Gasteiger partial charge in [-0.25, -0.2) is 0 Å². The summed E-state index contributed by atoms with van der Waals surface area (Å²) in [5, 5.41) is 8.53. The van der Waals surface area contributed by atoms with Crippen molar-refractivity contribution in [1.29, 1.82) is 0 Å². The molecule has 0 spiro atoms. The highest BCUT2D eigenvalue weighted by Gasteiger charge is 1.97. The van der Waals surface area contributed by atoms with Gasteiger partial charge in [0, 0.05) is 6.61 Å². The normalized spacial score (nSPS) is 9.00. The van der Waals surface area contributed by atoms with E-state index in [2.05, 4.69) is 13.8 Å². The van der Waals surface area contributed by atoms with Gasteiger partial charge < -0.3 is 11.3 Å². The predicted octanol–water partition coefficient (Wildman–Crippen LogP) is 1.58. The summed E-state index contributed by atoms with van der Waals surface area (Å²) < 4.78 is 0. The van der Waals surface area contributed by atoms with Gasteiger partial charge in [0.15, 0.2) is 0 Å². The van der Waals surface area contributed by atoms with Crippen LogP contribution in [0.3, 0.4) is 0 Å². The molecule has 0 heterocycles. The SMILES string of the molecule is CCC(CC)CO.N. The highest BCUT2D eigenvalue weighted by Crippen LogP contribution is 2.03. The molecule has 0 unspecified atom stereocenters. The van der Waals surface area contributed by atoms with E-state index >= 15 is 0 Å². The fraction of sp³-hybridized carbons (Fsp3) is 1.00. The second-order valence-corrected chi connectivity index (χ2v) is 1.87. The van der Waals surface area contributed by atoms with Crippen molar-refractivity contribution in [3.05, 3.63) is 0 Å². The minimum atomic E-state index is 0. The second kappa shape index (κ2) is 6.92. The Labute approximate surface area is 51.5 Å². The summed E-state index contributed by atoms with van der Waals surface area (Å²) in [6.07, 6.45) is 2.21. The van der Waals surface area contributed by atoms with Gasteiger partial charge in [0.25, 0.3) is 0 Å². The lowest BCUT2D eigenvalue weighted by atomic mass is 10.1. The summed E-state index contributed by atoms with van der Waals surface area (Å²) in [6, 6.07) is 0. The molecule has 0 atom stereocenters. The van der Waals surface area contributed by atoms with Crippen molar-refractivity contribution in [2.45, 2.75) is 26.7 Å². The standard InChI is InChI=1S/C6H14O.H3N/c1-3-6(4-2)5-7;/h6-7H,3-5H2,1-2H3;1H3. The maximum Gasteiger partial charge on any atom is 0.0459 e. The van der Waals surface area contributed by atoms with E-state index in [1.165, 1.54) is 0 Å². The molecule has 52 valence electrons. The van der Waals surface area contributed by atoms with E-state index in [1.807, 2.05) is 0 Å². The Hall–Kier alpha value is -0.0800. The van der Waals surface area contributed by atoms with Gasteiger partial charge in [-0.05, 0) is 5.92 Å². The molecule has 0 saturated heterocycles. The largest absolute Gasteiger partial charge is 0.396 e. The molecule has 0 aromatic carbocycles. The summed E-state index contributed by atoms with van der Waals surface area (Å²) >= 11 is 0. The molecule has 2 nitrogen and oxygen atoms in total. The Balaban J connectivity index is 0. The first-order valence-electron chi connectivity index (χ1n) is 2.96. The van der Waals surface area contributed by atoms with Crippen LogP contribution in [0.4, 0.5) is 0 Å². The molecule has 0 aliphatic rings. The molecule has 2 heteroatoms. The Morgan fingerprint density at radius 2 is 1.62 bits per heavy atom. The quantitative estimate of drug-likeness (QED) is 0.592. The Bertz CT molecular complexity index is 30.0. The van der Waals surface area contributed by atoms with Crippen LogP contribution in [0.15, 0.2) is 0 Å². The van der Waals surface area contributed by atoms with Crippen LogP contribution in [-0.2, 0) is 0 Å². The fourth-order valence-corrected chi connectivity index (χ4v) is 0.547. The molecule has 0 aliphatic carbocycles. The van der Waals surface area contributed by atoms with E-state index in [0.717, 1.165) is 12.8 Å². The Morgan fingerprint density at radius 3 is 1.62 bits per heavy atom. The van der Waals surface area contributed by atoms with E-state index in [0.29, 0.717) is 12.5 Å². The van der Waals surface area contributed by atoms with Crippen LogP contribution in [0.25, 0.3) is 0 Å². The van der Waals surface area contributed by atoms with E-state index in [4.69, 9.17) is 5.11 Å². The molecule has 0 rings (SSSR count). The van der Waals surface area contributed by atoms with Crippen molar-refractivity contribution in [3.63, 3.8) is 0 Å². The van der Waals surface area contributed by atoms with Gasteiger partial charge in [-0.2, -0.15) is 0 Å². The van der Waals surface area contributed by atoms with E-state index in [-0.39, 0.29) is 6.15 Å². The fourth-order valence-electron chi connectivity index (χ4n) is 0.547. The summed E-state index contributed by atoms with van der Waals surface area (Å²) in [4.78, 5) is 0. The smallest absolute Gasteiger partial charge is 0.0459 e. The summed E-state index contributed by atoms with van der Waals surface area (Å²) in [7, 11) is 0. The van der Waals surface area contributed by atoms with E-state index in [9.17, 15) is 0 Å². The van der Waals surface area contributed by atoms with Gasteiger partial charge in [-0.3, -0.25) is 0 Å². The minimum absolute atomic E-state index is 0. The lowest BCUT2D eigenvalue weighted by Gasteiger charge is -2.04. The van der Waals surface area contributed by atoms with Crippen molar-refractivity contribution in [3.8, 4) is 0 Å². The van der Waals surface area contributed by atoms with Gasteiger partial charge >= 0.3 is 0 Å². The molecule has 4 N–H and O–H groups in total. The van der Waals surface area contributed by atoms with Crippen LogP contribution in [0.5, 0.6) is 0 Å². The van der Waals surface area contributed by atoms with Crippen molar-refractivity contribution < 1.29 is 5.11 Å². The van der Waals surface area contributed by atoms with Crippen LogP contribution in [0.2, 0.25) is 0 Å². The zero-order valence-electron chi connectivity index (χ0n) is 5.85. The Morgan fingerprint density at radius 1 is 1.25 bits per heavy atom. The number of aliphatic hydroxyl groups is 1. The predicted molar refractivity (Wildman–Crippen MR) is 36.2 cm³/mol. The number of hydrogen-bond donors (Lipinski definition) is 2. The lowest BCUT2D eigenvalue weighted by molar-refractivity contribution is 0.219. The summed E-state index contributed by atoms with van der Waals surface area (Å²) in [6.45, 7) is 4.56. The van der Waals surface area contributed by atoms with Crippen LogP contribution >= 0.6 is 0 Å². The molecule has 0 radical (unpaired) electrons. The van der Waals surface area contributed by atoms with Crippen molar-refractivity contribution in [2.24, 2.45) is 5.92 Å². The first-order valence-corrected chi connectivity index (χ1v) is 2.96. The van der Waals surface area contributed by atoms with Gasteiger partial charge in [-0.1, -0.05) is 26.7 Å². The molecule has 0 aliphatic heterocycles. The molecule has 0 amide bonds. The van der Waals surface area contributed by atoms with Crippen molar-refractivity contribution in [2.75, 3.05) is 6.61 Å². The van der Waals surface area contributed by atoms with Gasteiger partial charge in [0.05, 0.1) is 0 Å².